The van der Waals surface area contributed by atoms with Crippen molar-refractivity contribution in [2.45, 2.75) is 6.92 Å². The van der Waals surface area contributed by atoms with E-state index in [1.165, 1.54) is 23.1 Å². The normalized spacial score (nSPS) is 13.3. The Bertz CT molecular complexity index is 564. The number of hydrogen-bond donors (Lipinski definition) is 0. The van der Waals surface area contributed by atoms with E-state index >= 15 is 0 Å². The molecule has 70 valence electrons. The highest BCUT2D eigenvalue weighted by molar-refractivity contribution is 14.1. The lowest BCUT2D eigenvalue weighted by molar-refractivity contribution is 1.42. The molecule has 0 radical (unpaired) electrons. The Kier molecular flexibility index (Phi) is 1.92. The maximum absolute atomic E-state index is 4.27. The molecule has 0 amide bonds. The van der Waals surface area contributed by atoms with E-state index in [2.05, 4.69) is 40.1 Å². The Morgan fingerprint density at radius 1 is 1.07 bits per heavy atom. The number of hydrogen-bond acceptors (Lipinski definition) is 5. The molecule has 2 heterocycles. The van der Waals surface area contributed by atoms with Crippen LogP contribution >= 0.6 is 34.3 Å². The molecular formula is C7H3IN4S2. The summed E-state index contributed by atoms with van der Waals surface area (Å²) >= 11 is 4.73. The van der Waals surface area contributed by atoms with E-state index in [9.17, 15) is 0 Å². The third kappa shape index (κ3) is 1.03. The summed E-state index contributed by atoms with van der Waals surface area (Å²) < 4.78 is 18.1. The van der Waals surface area contributed by atoms with Crippen LogP contribution in [-0.2, 0) is 11.4 Å². The van der Waals surface area contributed by atoms with Gasteiger partial charge in [-0.3, -0.25) is 0 Å². The van der Waals surface area contributed by atoms with Gasteiger partial charge in [0.05, 0.1) is 26.7 Å². The molecule has 0 fully saturated rings. The first-order valence-electron chi connectivity index (χ1n) is 3.81. The zero-order valence-corrected chi connectivity index (χ0v) is 10.8. The third-order valence-electron chi connectivity index (χ3n) is 2.10. The molecule has 14 heavy (non-hydrogen) atoms. The fourth-order valence-electron chi connectivity index (χ4n) is 1.38. The monoisotopic (exact) mass is 334 g/mol. The summed E-state index contributed by atoms with van der Waals surface area (Å²) in [7, 11) is 0. The van der Waals surface area contributed by atoms with Crippen LogP contribution in [0.5, 0.6) is 0 Å². The molecule has 0 saturated carbocycles. The van der Waals surface area contributed by atoms with Crippen LogP contribution in [0.25, 0.3) is 11.0 Å². The van der Waals surface area contributed by atoms with Crippen molar-refractivity contribution in [3.05, 3.63) is 9.13 Å². The van der Waals surface area contributed by atoms with Crippen LogP contribution in [0.15, 0.2) is 8.73 Å². The molecule has 1 aliphatic heterocycles. The van der Waals surface area contributed by atoms with Crippen molar-refractivity contribution in [3.63, 3.8) is 0 Å². The Morgan fingerprint density at radius 2 is 1.79 bits per heavy atom. The Labute approximate surface area is 101 Å². The predicted molar refractivity (Wildman–Crippen MR) is 66.4 cm³/mol. The van der Waals surface area contributed by atoms with Gasteiger partial charge in [-0.15, -0.1) is 0 Å². The Balaban J connectivity index is 2.59. The Morgan fingerprint density at radius 3 is 2.64 bits per heavy atom. The summed E-state index contributed by atoms with van der Waals surface area (Å²) in [6.45, 7) is 2.02. The summed E-state index contributed by atoms with van der Waals surface area (Å²) in [5, 5.41) is 0. The molecule has 0 unspecified atom stereocenters. The van der Waals surface area contributed by atoms with Gasteiger partial charge in [0.1, 0.15) is 22.4 Å². The van der Waals surface area contributed by atoms with E-state index in [1.54, 1.807) is 0 Å². The fourth-order valence-corrected chi connectivity index (χ4v) is 3.67. The van der Waals surface area contributed by atoms with Crippen LogP contribution in [-0.4, -0.2) is 8.75 Å². The molecule has 0 aliphatic carbocycles. The molecule has 0 atom stereocenters. The van der Waals surface area contributed by atoms with E-state index in [4.69, 9.17) is 0 Å². The first kappa shape index (κ1) is 8.86. The van der Waals surface area contributed by atoms with E-state index in [0.717, 1.165) is 31.5 Å². The zero-order valence-electron chi connectivity index (χ0n) is 6.98. The fraction of sp³-hybridized carbons (Fsp3) is 0.143. The second-order valence-electron chi connectivity index (χ2n) is 2.86. The molecule has 0 bridgehead atoms. The number of benzene rings is 1. The van der Waals surface area contributed by atoms with Crippen molar-refractivity contribution in [1.29, 1.82) is 0 Å². The Hall–Kier alpha value is -0.410. The van der Waals surface area contributed by atoms with Gasteiger partial charge >= 0.3 is 0 Å². The minimum atomic E-state index is 0.952. The molecule has 0 N–H and O–H groups in total. The van der Waals surface area contributed by atoms with Crippen LogP contribution in [0.2, 0.25) is 0 Å². The molecule has 1 aromatic carbocycles. The zero-order chi connectivity index (χ0) is 9.71. The maximum atomic E-state index is 4.27. The third-order valence-corrected chi connectivity index (χ3v) is 4.18. The molecule has 0 spiro atoms. The van der Waals surface area contributed by atoms with E-state index in [1.807, 2.05) is 6.92 Å². The van der Waals surface area contributed by atoms with Crippen LogP contribution < -0.4 is 0 Å². The van der Waals surface area contributed by atoms with E-state index in [-0.39, 0.29) is 0 Å². The van der Waals surface area contributed by atoms with Gasteiger partial charge < -0.3 is 0 Å². The molecule has 1 aliphatic rings. The van der Waals surface area contributed by atoms with Gasteiger partial charge in [-0.05, 0) is 29.5 Å². The molecule has 7 heteroatoms. The molecule has 1 aromatic heterocycles. The van der Waals surface area contributed by atoms with Crippen molar-refractivity contribution in [1.82, 2.24) is 8.75 Å². The van der Waals surface area contributed by atoms with Gasteiger partial charge in [0.15, 0.2) is 0 Å². The van der Waals surface area contributed by atoms with Gasteiger partial charge in [-0.2, -0.15) is 17.5 Å². The van der Waals surface area contributed by atoms with E-state index in [0.29, 0.717) is 0 Å². The van der Waals surface area contributed by atoms with Crippen LogP contribution in [0.1, 0.15) is 5.56 Å². The first-order valence-corrected chi connectivity index (χ1v) is 6.35. The van der Waals surface area contributed by atoms with Crippen molar-refractivity contribution >= 4 is 68.1 Å². The standard InChI is InChI=1S/C7H3IN4S2/c1-2-4-6(11-13-9-4)3(8)7-5(2)10-14-12-7/h1H3. The minimum Gasteiger partial charge on any atom is -0.173 e. The second kappa shape index (κ2) is 3.04. The lowest BCUT2D eigenvalue weighted by atomic mass is 10.1. The summed E-state index contributed by atoms with van der Waals surface area (Å²) in [5.74, 6) is 0. The average Bonchev–Trinajstić information content (AvgIpc) is 2.82. The topological polar surface area (TPSA) is 50.5 Å². The van der Waals surface area contributed by atoms with Crippen molar-refractivity contribution in [2.75, 3.05) is 0 Å². The summed E-state index contributed by atoms with van der Waals surface area (Å²) in [6, 6.07) is 0. The van der Waals surface area contributed by atoms with Crippen LogP contribution in [0.4, 0.5) is 11.4 Å². The van der Waals surface area contributed by atoms with E-state index < -0.39 is 0 Å². The summed E-state index contributed by atoms with van der Waals surface area (Å²) in [6.07, 6.45) is 0. The van der Waals surface area contributed by atoms with Crippen LogP contribution in [0.3, 0.4) is 0 Å². The van der Waals surface area contributed by atoms with Crippen LogP contribution in [0, 0.1) is 10.5 Å². The minimum absolute atomic E-state index is 0.952. The lowest BCUT2D eigenvalue weighted by Crippen LogP contribution is -1.83. The van der Waals surface area contributed by atoms with Crippen molar-refractivity contribution in [2.24, 2.45) is 8.73 Å². The van der Waals surface area contributed by atoms with Gasteiger partial charge in [-0.25, -0.2) is 0 Å². The number of halogens is 1. The van der Waals surface area contributed by atoms with Crippen molar-refractivity contribution in [3.8, 4) is 0 Å². The van der Waals surface area contributed by atoms with Crippen molar-refractivity contribution < 1.29 is 0 Å². The van der Waals surface area contributed by atoms with Gasteiger partial charge in [0, 0.05) is 5.56 Å². The molecule has 3 rings (SSSR count). The SMILES string of the molecule is Cc1c2c(c(I)c3nsnc13)N=S=N2. The van der Waals surface area contributed by atoms with Gasteiger partial charge in [0.2, 0.25) is 0 Å². The molecule has 2 aromatic rings. The number of rotatable bonds is 0. The molecule has 4 nitrogen and oxygen atoms in total. The summed E-state index contributed by atoms with van der Waals surface area (Å²) in [4.78, 5) is 0. The lowest BCUT2D eigenvalue weighted by Gasteiger charge is -2.02. The highest BCUT2D eigenvalue weighted by Crippen LogP contribution is 2.43. The van der Waals surface area contributed by atoms with Gasteiger partial charge in [-0.1, -0.05) is 0 Å². The number of aromatic nitrogens is 2. The average molecular weight is 334 g/mol. The molecular weight excluding hydrogens is 331 g/mol. The summed E-state index contributed by atoms with van der Waals surface area (Å²) in [5.41, 5.74) is 4.90. The second-order valence-corrected chi connectivity index (χ2v) is 5.00. The highest BCUT2D eigenvalue weighted by atomic mass is 127. The molecule has 0 saturated heterocycles. The first-order chi connectivity index (χ1) is 6.79. The van der Waals surface area contributed by atoms with Gasteiger partial charge in [0.25, 0.3) is 0 Å². The predicted octanol–water partition coefficient (Wildman–Crippen LogP) is 3.33. The smallest absolute Gasteiger partial charge is 0.120 e. The maximum Gasteiger partial charge on any atom is 0.120 e. The number of aryl methyl sites for hydroxylation is 1. The largest absolute Gasteiger partial charge is 0.173 e. The quantitative estimate of drug-likeness (QED) is 0.592. The number of nitrogens with zero attached hydrogens (tertiary/aromatic N) is 4. The highest BCUT2D eigenvalue weighted by Gasteiger charge is 2.19. The number of fused-ring (bicyclic) bond motifs is 2.